The van der Waals surface area contributed by atoms with Gasteiger partial charge in [0.25, 0.3) is 0 Å². The summed E-state index contributed by atoms with van der Waals surface area (Å²) in [6.07, 6.45) is 4.18. The van der Waals surface area contributed by atoms with Gasteiger partial charge in [-0.3, -0.25) is 9.59 Å². The number of hydrogen-bond acceptors (Lipinski definition) is 2. The van der Waals surface area contributed by atoms with Crippen LogP contribution in [0.1, 0.15) is 12.5 Å². The van der Waals surface area contributed by atoms with Gasteiger partial charge in [-0.25, -0.2) is 4.90 Å². The number of amides is 2. The van der Waals surface area contributed by atoms with Gasteiger partial charge in [0.15, 0.2) is 0 Å². The Morgan fingerprint density at radius 1 is 0.893 bits per heavy atom. The summed E-state index contributed by atoms with van der Waals surface area (Å²) in [7, 11) is 0. The Hall–Kier alpha value is -2.36. The van der Waals surface area contributed by atoms with Crippen molar-refractivity contribution in [2.75, 3.05) is 4.90 Å². The van der Waals surface area contributed by atoms with Crippen LogP contribution in [-0.2, 0) is 9.59 Å². The van der Waals surface area contributed by atoms with E-state index in [0.717, 1.165) is 11.1 Å². The van der Waals surface area contributed by atoms with Gasteiger partial charge in [-0.2, -0.15) is 0 Å². The Balaban J connectivity index is 1.56. The maximum absolute atomic E-state index is 13.3. The number of benzene rings is 2. The third-order valence-electron chi connectivity index (χ3n) is 6.21. The van der Waals surface area contributed by atoms with E-state index in [-0.39, 0.29) is 35.5 Å². The van der Waals surface area contributed by atoms with Gasteiger partial charge in [-0.15, -0.1) is 0 Å². The van der Waals surface area contributed by atoms with Crippen molar-refractivity contribution in [2.45, 2.75) is 6.92 Å². The quantitative estimate of drug-likeness (QED) is 0.492. The molecule has 2 bridgehead atoms. The predicted octanol–water partition coefficient (Wildman–Crippen LogP) is 5.39. The fourth-order valence-electron chi connectivity index (χ4n) is 5.02. The number of anilines is 1. The molecule has 2 aromatic carbocycles. The monoisotopic (exact) mass is 409 g/mol. The first-order chi connectivity index (χ1) is 13.5. The molecule has 2 aliphatic carbocycles. The van der Waals surface area contributed by atoms with Gasteiger partial charge in [0.2, 0.25) is 11.8 Å². The lowest BCUT2D eigenvalue weighted by molar-refractivity contribution is -0.122. The molecule has 2 amide bonds. The Bertz CT molecular complexity index is 1040. The number of rotatable bonds is 2. The largest absolute Gasteiger partial charge is 0.274 e. The van der Waals surface area contributed by atoms with Gasteiger partial charge in [0.05, 0.1) is 22.5 Å². The highest BCUT2D eigenvalue weighted by molar-refractivity contribution is 6.38. The average molecular weight is 410 g/mol. The van der Waals surface area contributed by atoms with E-state index in [0.29, 0.717) is 15.7 Å². The van der Waals surface area contributed by atoms with E-state index in [1.807, 2.05) is 18.2 Å². The average Bonchev–Trinajstić information content (AvgIpc) is 3.33. The summed E-state index contributed by atoms with van der Waals surface area (Å²) in [5, 5.41) is 0.782. The van der Waals surface area contributed by atoms with E-state index in [9.17, 15) is 9.59 Å². The maximum atomic E-state index is 13.3. The lowest BCUT2D eigenvalue weighted by atomic mass is 9.85. The zero-order valence-electron chi connectivity index (χ0n) is 15.1. The number of carbonyl (C=O) groups is 2. The summed E-state index contributed by atoms with van der Waals surface area (Å²) >= 11 is 12.3. The molecule has 0 unspecified atom stereocenters. The summed E-state index contributed by atoms with van der Waals surface area (Å²) in [4.78, 5) is 27.8. The Morgan fingerprint density at radius 2 is 1.50 bits per heavy atom. The van der Waals surface area contributed by atoms with Crippen molar-refractivity contribution in [3.63, 3.8) is 0 Å². The third-order valence-corrected chi connectivity index (χ3v) is 6.74. The Morgan fingerprint density at radius 3 is 2.07 bits per heavy atom. The second-order valence-corrected chi connectivity index (χ2v) is 8.39. The fourth-order valence-corrected chi connectivity index (χ4v) is 5.51. The van der Waals surface area contributed by atoms with Crippen LogP contribution in [0.2, 0.25) is 10.0 Å². The molecule has 1 saturated heterocycles. The molecule has 28 heavy (non-hydrogen) atoms. The van der Waals surface area contributed by atoms with Crippen molar-refractivity contribution in [1.82, 2.24) is 0 Å². The molecule has 1 heterocycles. The van der Waals surface area contributed by atoms with Gasteiger partial charge >= 0.3 is 0 Å². The van der Waals surface area contributed by atoms with Crippen LogP contribution in [0, 0.1) is 23.7 Å². The molecule has 0 radical (unpaired) electrons. The first-order valence-corrected chi connectivity index (χ1v) is 10.0. The Kier molecular flexibility index (Phi) is 4.01. The number of nitrogens with zero attached hydrogens (tertiary/aromatic N) is 1. The summed E-state index contributed by atoms with van der Waals surface area (Å²) in [6, 6.07) is 15.0. The number of fused-ring (bicyclic) bond motifs is 5. The normalized spacial score (nSPS) is 27.7. The predicted molar refractivity (Wildman–Crippen MR) is 111 cm³/mol. The molecule has 1 saturated carbocycles. The van der Waals surface area contributed by atoms with Gasteiger partial charge in [0.1, 0.15) is 0 Å². The number of halogens is 2. The molecule has 5 heteroatoms. The summed E-state index contributed by atoms with van der Waals surface area (Å²) in [6.45, 7) is 2.08. The molecule has 140 valence electrons. The van der Waals surface area contributed by atoms with Crippen LogP contribution in [-0.4, -0.2) is 11.8 Å². The number of hydrogen-bond donors (Lipinski definition) is 0. The molecule has 2 aromatic rings. The van der Waals surface area contributed by atoms with Crippen LogP contribution in [0.25, 0.3) is 5.57 Å². The lowest BCUT2D eigenvalue weighted by Crippen LogP contribution is -2.33. The minimum Gasteiger partial charge on any atom is -0.274 e. The first kappa shape index (κ1) is 17.7. The molecule has 3 aliphatic rings. The highest BCUT2D eigenvalue weighted by Gasteiger charge is 2.62. The van der Waals surface area contributed by atoms with Crippen molar-refractivity contribution in [1.29, 1.82) is 0 Å². The van der Waals surface area contributed by atoms with Gasteiger partial charge in [-0.05, 0) is 36.3 Å². The van der Waals surface area contributed by atoms with Crippen LogP contribution in [0.3, 0.4) is 0 Å². The SMILES string of the molecule is CC(=C1[C@H]2C=C[C@H]1[C@@H]1C(=O)N(c3ccc(Cl)cc3Cl)C(=O)[C@H]12)c1ccccc1. The van der Waals surface area contributed by atoms with Gasteiger partial charge in [-0.1, -0.05) is 71.3 Å². The molecule has 4 atom stereocenters. The van der Waals surface area contributed by atoms with Gasteiger partial charge < -0.3 is 0 Å². The van der Waals surface area contributed by atoms with Crippen LogP contribution in [0.4, 0.5) is 5.69 Å². The van der Waals surface area contributed by atoms with Gasteiger partial charge in [0, 0.05) is 16.9 Å². The highest BCUT2D eigenvalue weighted by Crippen LogP contribution is 2.58. The first-order valence-electron chi connectivity index (χ1n) is 9.26. The number of imide groups is 1. The zero-order valence-corrected chi connectivity index (χ0v) is 16.6. The molecule has 2 fully saturated rings. The zero-order chi connectivity index (χ0) is 19.6. The van der Waals surface area contributed by atoms with E-state index >= 15 is 0 Å². The molecule has 3 nitrogen and oxygen atoms in total. The van der Waals surface area contributed by atoms with Crippen LogP contribution < -0.4 is 4.90 Å². The fraction of sp³-hybridized carbons (Fsp3) is 0.217. The minimum absolute atomic E-state index is 0.0391. The van der Waals surface area contributed by atoms with E-state index in [2.05, 4.69) is 31.2 Å². The van der Waals surface area contributed by atoms with Crippen molar-refractivity contribution < 1.29 is 9.59 Å². The minimum atomic E-state index is -0.358. The molecule has 0 N–H and O–H groups in total. The topological polar surface area (TPSA) is 37.4 Å². The van der Waals surface area contributed by atoms with E-state index in [1.165, 1.54) is 10.5 Å². The molecule has 0 aromatic heterocycles. The third kappa shape index (κ3) is 2.36. The van der Waals surface area contributed by atoms with E-state index in [4.69, 9.17) is 23.2 Å². The molecule has 5 rings (SSSR count). The number of allylic oxidation sites excluding steroid dienone is 4. The summed E-state index contributed by atoms with van der Waals surface area (Å²) in [5.74, 6) is -1.14. The second kappa shape index (κ2) is 6.33. The van der Waals surface area contributed by atoms with Crippen LogP contribution in [0.15, 0.2) is 66.3 Å². The molecule has 1 aliphatic heterocycles. The Labute approximate surface area is 173 Å². The van der Waals surface area contributed by atoms with Crippen molar-refractivity contribution in [3.8, 4) is 0 Å². The molecular formula is C23H17Cl2NO2. The van der Waals surface area contributed by atoms with Crippen molar-refractivity contribution in [3.05, 3.63) is 81.9 Å². The van der Waals surface area contributed by atoms with Crippen LogP contribution in [0.5, 0.6) is 0 Å². The highest BCUT2D eigenvalue weighted by atomic mass is 35.5. The maximum Gasteiger partial charge on any atom is 0.238 e. The lowest BCUT2D eigenvalue weighted by Gasteiger charge is -2.21. The van der Waals surface area contributed by atoms with E-state index < -0.39 is 0 Å². The standard InChI is InChI=1S/C23H17Cl2NO2/c1-12(13-5-3-2-4-6-13)19-15-8-9-16(19)21-20(15)22(27)26(23(21)28)18-10-7-14(24)11-17(18)25/h2-11,15-16,20-21H,1H3/t15-,16-,20+,21+/m1/s1. The molecule has 0 spiro atoms. The summed E-state index contributed by atoms with van der Waals surface area (Å²) in [5.41, 5.74) is 3.91. The smallest absolute Gasteiger partial charge is 0.238 e. The van der Waals surface area contributed by atoms with Crippen LogP contribution >= 0.6 is 23.2 Å². The second-order valence-electron chi connectivity index (χ2n) is 7.54. The van der Waals surface area contributed by atoms with E-state index in [1.54, 1.807) is 18.2 Å². The molecular weight excluding hydrogens is 393 g/mol. The number of carbonyl (C=O) groups excluding carboxylic acids is 2. The van der Waals surface area contributed by atoms with Crippen molar-refractivity contribution in [2.24, 2.45) is 23.7 Å². The summed E-state index contributed by atoms with van der Waals surface area (Å²) < 4.78 is 0. The van der Waals surface area contributed by atoms with Crippen molar-refractivity contribution >= 4 is 46.3 Å².